The molecule has 0 fully saturated rings. The zero-order chi connectivity index (χ0) is 14.8. The maximum atomic E-state index is 5.84. The van der Waals surface area contributed by atoms with Crippen molar-refractivity contribution in [1.82, 2.24) is 9.97 Å². The Morgan fingerprint density at radius 3 is 2.57 bits per heavy atom. The van der Waals surface area contributed by atoms with Gasteiger partial charge in [0.05, 0.1) is 12.0 Å². The number of rotatable bonds is 4. The normalized spacial score (nSPS) is 10.8. The highest BCUT2D eigenvalue weighted by atomic mass is 32.1. The van der Waals surface area contributed by atoms with Crippen molar-refractivity contribution in [1.29, 1.82) is 0 Å². The summed E-state index contributed by atoms with van der Waals surface area (Å²) in [6.45, 7) is 4.60. The summed E-state index contributed by atoms with van der Waals surface area (Å²) in [5.74, 6) is 2.18. The molecule has 1 aromatic carbocycles. The molecule has 0 aliphatic heterocycles. The first-order valence-electron chi connectivity index (χ1n) is 6.60. The summed E-state index contributed by atoms with van der Waals surface area (Å²) in [7, 11) is 0. The molecule has 0 unspecified atom stereocenters. The van der Waals surface area contributed by atoms with E-state index < -0.39 is 0 Å². The third-order valence-corrected chi connectivity index (χ3v) is 3.79. The predicted molar refractivity (Wildman–Crippen MR) is 84.2 cm³/mol. The molecule has 0 aliphatic carbocycles. The number of hydrogen-bond donors (Lipinski definition) is 1. The molecule has 0 saturated carbocycles. The molecule has 0 amide bonds. The van der Waals surface area contributed by atoms with Gasteiger partial charge in [0, 0.05) is 4.88 Å². The minimum absolute atomic E-state index is 0.213. The topological polar surface area (TPSA) is 70.3 Å². The largest absolute Gasteiger partial charge is 0.494 e. The third-order valence-electron chi connectivity index (χ3n) is 2.85. The Hall–Kier alpha value is -2.34. The molecule has 6 heteroatoms. The molecular formula is C15H15N3O2S. The molecule has 3 rings (SSSR count). The van der Waals surface area contributed by atoms with E-state index >= 15 is 0 Å². The third kappa shape index (κ3) is 2.90. The van der Waals surface area contributed by atoms with Crippen LogP contribution in [0.25, 0.3) is 10.2 Å². The fourth-order valence-corrected chi connectivity index (χ4v) is 2.87. The van der Waals surface area contributed by atoms with Crippen LogP contribution in [0.15, 0.2) is 30.3 Å². The summed E-state index contributed by atoms with van der Waals surface area (Å²) >= 11 is 1.57. The first-order valence-corrected chi connectivity index (χ1v) is 7.41. The van der Waals surface area contributed by atoms with Gasteiger partial charge in [0.15, 0.2) is 0 Å². The zero-order valence-corrected chi connectivity index (χ0v) is 12.6. The van der Waals surface area contributed by atoms with Crippen LogP contribution in [0, 0.1) is 6.92 Å². The van der Waals surface area contributed by atoms with Gasteiger partial charge in [0.1, 0.15) is 16.3 Å². The number of ether oxygens (including phenoxy) is 2. The van der Waals surface area contributed by atoms with Gasteiger partial charge < -0.3 is 15.2 Å². The van der Waals surface area contributed by atoms with E-state index in [2.05, 4.69) is 9.97 Å². The molecule has 0 spiro atoms. The van der Waals surface area contributed by atoms with E-state index in [4.69, 9.17) is 15.2 Å². The zero-order valence-electron chi connectivity index (χ0n) is 11.8. The van der Waals surface area contributed by atoms with E-state index in [1.54, 1.807) is 11.3 Å². The Bertz CT molecular complexity index is 768. The lowest BCUT2D eigenvalue weighted by Crippen LogP contribution is -1.97. The highest BCUT2D eigenvalue weighted by Crippen LogP contribution is 2.33. The predicted octanol–water partition coefficient (Wildman–Crippen LogP) is 3.77. The van der Waals surface area contributed by atoms with E-state index in [9.17, 15) is 0 Å². The number of nitrogens with zero attached hydrogens (tertiary/aromatic N) is 2. The van der Waals surface area contributed by atoms with E-state index in [0.29, 0.717) is 18.2 Å². The van der Waals surface area contributed by atoms with Gasteiger partial charge >= 0.3 is 0 Å². The lowest BCUT2D eigenvalue weighted by atomic mass is 10.3. The molecule has 108 valence electrons. The lowest BCUT2D eigenvalue weighted by molar-refractivity contribution is 0.339. The van der Waals surface area contributed by atoms with E-state index in [1.807, 2.05) is 44.2 Å². The highest BCUT2D eigenvalue weighted by molar-refractivity contribution is 7.18. The molecule has 0 aliphatic rings. The van der Waals surface area contributed by atoms with Gasteiger partial charge in [-0.05, 0) is 44.2 Å². The van der Waals surface area contributed by atoms with E-state index in [0.717, 1.165) is 20.8 Å². The number of nitrogen functional groups attached to an aromatic ring is 1. The number of aromatic nitrogens is 2. The minimum Gasteiger partial charge on any atom is -0.494 e. The van der Waals surface area contributed by atoms with Crippen molar-refractivity contribution in [2.24, 2.45) is 0 Å². The number of anilines is 1. The molecular weight excluding hydrogens is 286 g/mol. The molecule has 2 heterocycles. The molecule has 2 N–H and O–H groups in total. The summed E-state index contributed by atoms with van der Waals surface area (Å²) in [5, 5.41) is 0.876. The second-order valence-electron chi connectivity index (χ2n) is 4.47. The molecule has 2 aromatic heterocycles. The van der Waals surface area contributed by atoms with Crippen LogP contribution in [0.2, 0.25) is 0 Å². The van der Waals surface area contributed by atoms with Crippen molar-refractivity contribution in [2.75, 3.05) is 12.3 Å². The SMILES string of the molecule is CCOc1ccc(Oc2nc(N)nc3sc(C)cc23)cc1. The molecule has 0 saturated heterocycles. The Morgan fingerprint density at radius 1 is 1.14 bits per heavy atom. The number of aryl methyl sites for hydroxylation is 1. The second kappa shape index (κ2) is 5.57. The average Bonchev–Trinajstić information content (AvgIpc) is 2.81. The second-order valence-corrected chi connectivity index (χ2v) is 5.70. The molecule has 0 bridgehead atoms. The fraction of sp³-hybridized carbons (Fsp3) is 0.200. The van der Waals surface area contributed by atoms with Crippen LogP contribution in [-0.2, 0) is 0 Å². The van der Waals surface area contributed by atoms with E-state index in [1.165, 1.54) is 0 Å². The standard InChI is InChI=1S/C15H15N3O2S/c1-3-19-10-4-6-11(7-5-10)20-13-12-8-9(2)21-14(12)18-15(16)17-13/h4-8H,3H2,1-2H3,(H2,16,17,18). The highest BCUT2D eigenvalue weighted by Gasteiger charge is 2.11. The van der Waals surface area contributed by atoms with Crippen molar-refractivity contribution in [2.45, 2.75) is 13.8 Å². The summed E-state index contributed by atoms with van der Waals surface area (Å²) in [5.41, 5.74) is 5.74. The van der Waals surface area contributed by atoms with Crippen LogP contribution < -0.4 is 15.2 Å². The Labute approximate surface area is 126 Å². The smallest absolute Gasteiger partial charge is 0.232 e. The van der Waals surface area contributed by atoms with Crippen molar-refractivity contribution in [3.8, 4) is 17.4 Å². The maximum absolute atomic E-state index is 5.84. The minimum atomic E-state index is 0.213. The van der Waals surface area contributed by atoms with Gasteiger partial charge in [0.2, 0.25) is 11.8 Å². The monoisotopic (exact) mass is 301 g/mol. The van der Waals surface area contributed by atoms with Crippen LogP contribution in [-0.4, -0.2) is 16.6 Å². The van der Waals surface area contributed by atoms with Crippen LogP contribution >= 0.6 is 11.3 Å². The Balaban J connectivity index is 1.93. The summed E-state index contributed by atoms with van der Waals surface area (Å²) in [4.78, 5) is 10.4. The first kappa shape index (κ1) is 13.6. The Morgan fingerprint density at radius 2 is 1.86 bits per heavy atom. The van der Waals surface area contributed by atoms with Gasteiger partial charge in [0.25, 0.3) is 0 Å². The summed E-state index contributed by atoms with van der Waals surface area (Å²) < 4.78 is 11.2. The fourth-order valence-electron chi connectivity index (χ4n) is 1.99. The van der Waals surface area contributed by atoms with Crippen molar-refractivity contribution >= 4 is 27.5 Å². The van der Waals surface area contributed by atoms with Gasteiger partial charge in [-0.15, -0.1) is 11.3 Å². The molecule has 0 atom stereocenters. The Kier molecular flexibility index (Phi) is 3.62. The van der Waals surface area contributed by atoms with Gasteiger partial charge in [-0.3, -0.25) is 0 Å². The van der Waals surface area contributed by atoms with Crippen molar-refractivity contribution in [3.63, 3.8) is 0 Å². The van der Waals surface area contributed by atoms with E-state index in [-0.39, 0.29) is 5.95 Å². The molecule has 5 nitrogen and oxygen atoms in total. The van der Waals surface area contributed by atoms with Gasteiger partial charge in [-0.25, -0.2) is 4.98 Å². The summed E-state index contributed by atoms with van der Waals surface area (Å²) in [6, 6.07) is 9.41. The van der Waals surface area contributed by atoms with Crippen LogP contribution in [0.5, 0.6) is 17.4 Å². The number of hydrogen-bond acceptors (Lipinski definition) is 6. The van der Waals surface area contributed by atoms with Crippen molar-refractivity contribution in [3.05, 3.63) is 35.2 Å². The van der Waals surface area contributed by atoms with Crippen molar-refractivity contribution < 1.29 is 9.47 Å². The van der Waals surface area contributed by atoms with Gasteiger partial charge in [-0.1, -0.05) is 0 Å². The number of nitrogens with two attached hydrogens (primary N) is 1. The lowest BCUT2D eigenvalue weighted by Gasteiger charge is -2.07. The van der Waals surface area contributed by atoms with Crippen LogP contribution in [0.3, 0.4) is 0 Å². The average molecular weight is 301 g/mol. The summed E-state index contributed by atoms with van der Waals surface area (Å²) in [6.07, 6.45) is 0. The van der Waals surface area contributed by atoms with Crippen LogP contribution in [0.1, 0.15) is 11.8 Å². The van der Waals surface area contributed by atoms with Crippen LogP contribution in [0.4, 0.5) is 5.95 Å². The quantitative estimate of drug-likeness (QED) is 0.794. The first-order chi connectivity index (χ1) is 10.2. The number of fused-ring (bicyclic) bond motifs is 1. The molecule has 3 aromatic rings. The molecule has 21 heavy (non-hydrogen) atoms. The number of thiophene rings is 1. The molecule has 0 radical (unpaired) electrons. The number of benzene rings is 1. The van der Waals surface area contributed by atoms with Gasteiger partial charge in [-0.2, -0.15) is 4.98 Å². The maximum Gasteiger partial charge on any atom is 0.232 e.